The van der Waals surface area contributed by atoms with Crippen LogP contribution in [0.2, 0.25) is 0 Å². The third-order valence-corrected chi connectivity index (χ3v) is 8.41. The second kappa shape index (κ2) is 7.00. The van der Waals surface area contributed by atoms with Crippen molar-refractivity contribution in [2.45, 2.75) is 82.0 Å². The predicted molar refractivity (Wildman–Crippen MR) is 103 cm³/mol. The Kier molecular flexibility index (Phi) is 4.76. The number of hydrogen-bond acceptors (Lipinski definition) is 4. The summed E-state index contributed by atoms with van der Waals surface area (Å²) in [6.45, 7) is 3.67. The Morgan fingerprint density at radius 2 is 1.93 bits per heavy atom. The van der Waals surface area contributed by atoms with Crippen molar-refractivity contribution in [3.05, 3.63) is 0 Å². The highest BCUT2D eigenvalue weighted by Crippen LogP contribution is 2.55. The van der Waals surface area contributed by atoms with Crippen molar-refractivity contribution in [1.82, 2.24) is 10.2 Å². The predicted octanol–water partition coefficient (Wildman–Crippen LogP) is 2.73. The lowest BCUT2D eigenvalue weighted by Crippen LogP contribution is -2.44. The van der Waals surface area contributed by atoms with Gasteiger partial charge in [0.05, 0.1) is 23.7 Å². The van der Waals surface area contributed by atoms with Crippen molar-refractivity contribution >= 4 is 5.91 Å². The molecule has 5 fully saturated rings. The molecular weight excluding hydrogens is 340 g/mol. The quantitative estimate of drug-likeness (QED) is 0.724. The zero-order chi connectivity index (χ0) is 18.5. The van der Waals surface area contributed by atoms with Gasteiger partial charge < -0.3 is 14.8 Å². The van der Waals surface area contributed by atoms with Crippen LogP contribution in [0.5, 0.6) is 0 Å². The number of likely N-dealkylation sites (tertiary alicyclic amines) is 1. The molecular formula is C22H36N2O3. The molecule has 1 spiro atoms. The van der Waals surface area contributed by atoms with Gasteiger partial charge in [-0.1, -0.05) is 25.7 Å². The minimum atomic E-state index is -0.229. The van der Waals surface area contributed by atoms with Crippen LogP contribution in [-0.4, -0.2) is 61.9 Å². The molecule has 2 aliphatic carbocycles. The van der Waals surface area contributed by atoms with Crippen LogP contribution in [0.25, 0.3) is 0 Å². The van der Waals surface area contributed by atoms with Crippen molar-refractivity contribution in [1.29, 1.82) is 0 Å². The maximum absolute atomic E-state index is 12.7. The van der Waals surface area contributed by atoms with Crippen LogP contribution in [0, 0.1) is 17.3 Å². The molecule has 5 aliphatic rings. The van der Waals surface area contributed by atoms with Gasteiger partial charge in [0.1, 0.15) is 0 Å². The highest BCUT2D eigenvalue weighted by atomic mass is 16.5. The fraction of sp³-hybridized carbons (Fsp3) is 0.955. The van der Waals surface area contributed by atoms with E-state index in [1.165, 1.54) is 57.9 Å². The van der Waals surface area contributed by atoms with Crippen LogP contribution < -0.4 is 5.32 Å². The largest absolute Gasteiger partial charge is 0.384 e. The number of nitrogens with zero attached hydrogens (tertiary/aromatic N) is 1. The molecule has 1 amide bonds. The summed E-state index contributed by atoms with van der Waals surface area (Å²) >= 11 is 0. The number of fused-ring (bicyclic) bond motifs is 1. The van der Waals surface area contributed by atoms with Gasteiger partial charge in [-0.05, 0) is 38.5 Å². The number of hydrogen-bond donors (Lipinski definition) is 1. The fourth-order valence-corrected chi connectivity index (χ4v) is 6.66. The smallest absolute Gasteiger partial charge is 0.228 e. The Morgan fingerprint density at radius 1 is 1.15 bits per heavy atom. The zero-order valence-corrected chi connectivity index (χ0v) is 16.9. The molecule has 2 saturated carbocycles. The molecule has 3 heterocycles. The molecule has 27 heavy (non-hydrogen) atoms. The number of amides is 1. The maximum atomic E-state index is 12.7. The second-order valence-electron chi connectivity index (χ2n) is 10.0. The third kappa shape index (κ3) is 3.14. The molecule has 152 valence electrons. The van der Waals surface area contributed by atoms with Crippen molar-refractivity contribution in [3.63, 3.8) is 0 Å². The summed E-state index contributed by atoms with van der Waals surface area (Å²) in [6.07, 6.45) is 13.1. The van der Waals surface area contributed by atoms with Gasteiger partial charge >= 0.3 is 0 Å². The van der Waals surface area contributed by atoms with E-state index in [2.05, 4.69) is 10.2 Å². The SMILES string of the molecule is COCC1(C(=O)NC[C@H]2[C@H]3CN(C4CCCCCC4)C[C@]34CC[C@H]2O4)CC1. The Bertz CT molecular complexity index is 570. The number of nitrogens with one attached hydrogen (secondary N) is 1. The Labute approximate surface area is 163 Å². The van der Waals surface area contributed by atoms with Gasteiger partial charge in [0.15, 0.2) is 0 Å². The summed E-state index contributed by atoms with van der Waals surface area (Å²) in [5, 5.41) is 3.29. The number of methoxy groups -OCH3 is 1. The number of carbonyl (C=O) groups is 1. The van der Waals surface area contributed by atoms with Crippen LogP contribution in [0.3, 0.4) is 0 Å². The first-order valence-electron chi connectivity index (χ1n) is 11.3. The molecule has 0 aromatic rings. The van der Waals surface area contributed by atoms with Crippen LogP contribution in [0.4, 0.5) is 0 Å². The number of ether oxygens (including phenoxy) is 2. The van der Waals surface area contributed by atoms with Gasteiger partial charge in [0.2, 0.25) is 5.91 Å². The standard InChI is InChI=1S/C22H36N2O3/c1-26-15-21(10-11-21)20(25)23-12-17-18-13-24(16-6-4-2-3-5-7-16)14-22(18)9-8-19(17)27-22/h16-19H,2-15H2,1H3,(H,23,25)/t17-,18+,19+,22+/m0/s1. The van der Waals surface area contributed by atoms with Crippen molar-refractivity contribution in [2.24, 2.45) is 17.3 Å². The first-order valence-corrected chi connectivity index (χ1v) is 11.3. The van der Waals surface area contributed by atoms with Crippen LogP contribution in [0.1, 0.15) is 64.2 Å². The molecule has 1 N–H and O–H groups in total. The lowest BCUT2D eigenvalue weighted by molar-refractivity contribution is -0.128. The van der Waals surface area contributed by atoms with Crippen LogP contribution >= 0.6 is 0 Å². The maximum Gasteiger partial charge on any atom is 0.228 e. The van der Waals surface area contributed by atoms with Gasteiger partial charge in [-0.25, -0.2) is 0 Å². The number of carbonyl (C=O) groups excluding carboxylic acids is 1. The van der Waals surface area contributed by atoms with E-state index < -0.39 is 0 Å². The van der Waals surface area contributed by atoms with E-state index in [4.69, 9.17) is 9.47 Å². The lowest BCUT2D eigenvalue weighted by atomic mass is 9.73. The minimum absolute atomic E-state index is 0.0934. The Balaban J connectivity index is 1.22. The van der Waals surface area contributed by atoms with Crippen LogP contribution in [0.15, 0.2) is 0 Å². The van der Waals surface area contributed by atoms with Gasteiger partial charge in [-0.15, -0.1) is 0 Å². The average Bonchev–Trinajstić information content (AvgIpc) is 3.20. The first-order chi connectivity index (χ1) is 13.2. The summed E-state index contributed by atoms with van der Waals surface area (Å²) in [4.78, 5) is 15.4. The van der Waals surface area contributed by atoms with Gasteiger partial charge in [0, 0.05) is 44.6 Å². The molecule has 3 saturated heterocycles. The Hall–Kier alpha value is -0.650. The molecule has 0 aromatic carbocycles. The van der Waals surface area contributed by atoms with Crippen molar-refractivity contribution in [3.8, 4) is 0 Å². The summed E-state index contributed by atoms with van der Waals surface area (Å²) in [7, 11) is 1.70. The van der Waals surface area contributed by atoms with Gasteiger partial charge in [-0.3, -0.25) is 9.69 Å². The van der Waals surface area contributed by atoms with E-state index in [1.54, 1.807) is 7.11 Å². The monoisotopic (exact) mass is 376 g/mol. The van der Waals surface area contributed by atoms with E-state index in [0.29, 0.717) is 24.5 Å². The van der Waals surface area contributed by atoms with Gasteiger partial charge in [0.25, 0.3) is 0 Å². The molecule has 0 aromatic heterocycles. The normalized spacial score (nSPS) is 40.7. The lowest BCUT2D eigenvalue weighted by Gasteiger charge is -2.30. The summed E-state index contributed by atoms with van der Waals surface area (Å²) in [5.74, 6) is 1.31. The molecule has 5 nitrogen and oxygen atoms in total. The fourth-order valence-electron chi connectivity index (χ4n) is 6.66. The molecule has 4 atom stereocenters. The van der Waals surface area contributed by atoms with E-state index in [-0.39, 0.29) is 16.9 Å². The highest BCUT2D eigenvalue weighted by Gasteiger charge is 2.63. The van der Waals surface area contributed by atoms with Crippen molar-refractivity contribution in [2.75, 3.05) is 33.4 Å². The van der Waals surface area contributed by atoms with E-state index >= 15 is 0 Å². The molecule has 2 bridgehead atoms. The highest BCUT2D eigenvalue weighted by molar-refractivity contribution is 5.85. The zero-order valence-electron chi connectivity index (χ0n) is 16.9. The third-order valence-electron chi connectivity index (χ3n) is 8.41. The molecule has 5 heteroatoms. The average molecular weight is 377 g/mol. The van der Waals surface area contributed by atoms with Crippen LogP contribution in [-0.2, 0) is 14.3 Å². The van der Waals surface area contributed by atoms with Gasteiger partial charge in [-0.2, -0.15) is 0 Å². The molecule has 0 radical (unpaired) electrons. The van der Waals surface area contributed by atoms with E-state index in [9.17, 15) is 4.79 Å². The van der Waals surface area contributed by atoms with E-state index in [1.807, 2.05) is 0 Å². The molecule has 5 rings (SSSR count). The Morgan fingerprint density at radius 3 is 2.63 bits per heavy atom. The summed E-state index contributed by atoms with van der Waals surface area (Å²) in [5.41, 5.74) is -0.136. The van der Waals surface area contributed by atoms with Crippen molar-refractivity contribution < 1.29 is 14.3 Å². The topological polar surface area (TPSA) is 50.8 Å². The molecule has 0 unspecified atom stereocenters. The second-order valence-corrected chi connectivity index (χ2v) is 10.0. The molecule has 3 aliphatic heterocycles. The van der Waals surface area contributed by atoms with E-state index in [0.717, 1.165) is 32.0 Å². The number of rotatable bonds is 6. The summed E-state index contributed by atoms with van der Waals surface area (Å²) in [6, 6.07) is 0.766. The first kappa shape index (κ1) is 18.4. The minimum Gasteiger partial charge on any atom is -0.384 e. The summed E-state index contributed by atoms with van der Waals surface area (Å²) < 4.78 is 11.9.